The van der Waals surface area contributed by atoms with Gasteiger partial charge in [0.05, 0.1) is 12.1 Å². The highest BCUT2D eigenvalue weighted by Crippen LogP contribution is 2.31. The van der Waals surface area contributed by atoms with Gasteiger partial charge in [-0.2, -0.15) is 5.10 Å². The molecule has 1 aromatic heterocycles. The Morgan fingerprint density at radius 2 is 2.35 bits per heavy atom. The zero-order valence-electron chi connectivity index (χ0n) is 13.0. The molecule has 0 aromatic carbocycles. The first-order chi connectivity index (χ1) is 9.48. The molecule has 0 bridgehead atoms. The maximum atomic E-state index is 10.6. The minimum Gasteiger partial charge on any atom is -0.389 e. The van der Waals surface area contributed by atoms with E-state index in [0.29, 0.717) is 24.9 Å². The normalized spacial score (nSPS) is 27.1. The molecule has 1 fully saturated rings. The maximum absolute atomic E-state index is 10.6. The van der Waals surface area contributed by atoms with Crippen molar-refractivity contribution in [3.8, 4) is 0 Å². The Kier molecular flexibility index (Phi) is 5.16. The van der Waals surface area contributed by atoms with Crippen molar-refractivity contribution in [2.24, 2.45) is 11.8 Å². The standard InChI is InChI=1S/C15H28N4O/c1-12(2)9-19-14(17-11-18-19)8-16-10-15(20)6-4-5-13(3)7-15/h11-13,16,20H,4-10H2,1-3H3. The van der Waals surface area contributed by atoms with Crippen molar-refractivity contribution in [2.75, 3.05) is 6.54 Å². The van der Waals surface area contributed by atoms with Crippen LogP contribution in [0.25, 0.3) is 0 Å². The number of hydrogen-bond donors (Lipinski definition) is 2. The van der Waals surface area contributed by atoms with Crippen LogP contribution in [0.4, 0.5) is 0 Å². The summed E-state index contributed by atoms with van der Waals surface area (Å²) in [6.45, 7) is 8.77. The molecule has 0 amide bonds. The molecule has 1 heterocycles. The molecule has 1 aromatic rings. The van der Waals surface area contributed by atoms with Crippen LogP contribution in [-0.2, 0) is 13.1 Å². The largest absolute Gasteiger partial charge is 0.389 e. The number of aliphatic hydroxyl groups is 1. The molecule has 0 aliphatic heterocycles. The predicted molar refractivity (Wildman–Crippen MR) is 79.1 cm³/mol. The van der Waals surface area contributed by atoms with Crippen molar-refractivity contribution in [2.45, 2.75) is 65.1 Å². The Labute approximate surface area is 121 Å². The summed E-state index contributed by atoms with van der Waals surface area (Å²) < 4.78 is 1.95. The van der Waals surface area contributed by atoms with E-state index in [0.717, 1.165) is 31.6 Å². The van der Waals surface area contributed by atoms with E-state index in [1.165, 1.54) is 6.42 Å². The summed E-state index contributed by atoms with van der Waals surface area (Å²) in [5.41, 5.74) is -0.541. The smallest absolute Gasteiger partial charge is 0.140 e. The van der Waals surface area contributed by atoms with Crippen LogP contribution in [0, 0.1) is 11.8 Å². The number of aromatic nitrogens is 3. The molecule has 0 saturated heterocycles. The minimum atomic E-state index is -0.541. The van der Waals surface area contributed by atoms with Gasteiger partial charge in [-0.15, -0.1) is 0 Å². The molecular weight excluding hydrogens is 252 g/mol. The van der Waals surface area contributed by atoms with E-state index in [9.17, 15) is 5.11 Å². The minimum absolute atomic E-state index is 0.541. The molecule has 1 aliphatic carbocycles. The number of rotatable bonds is 6. The predicted octanol–water partition coefficient (Wildman–Crippen LogP) is 1.96. The molecule has 1 aliphatic rings. The van der Waals surface area contributed by atoms with Gasteiger partial charge in [0.15, 0.2) is 0 Å². The molecule has 0 radical (unpaired) electrons. The van der Waals surface area contributed by atoms with Gasteiger partial charge in [0.1, 0.15) is 12.2 Å². The Morgan fingerprint density at radius 3 is 3.05 bits per heavy atom. The average Bonchev–Trinajstić information content (AvgIpc) is 2.75. The fourth-order valence-electron chi connectivity index (χ4n) is 3.12. The molecule has 0 spiro atoms. The van der Waals surface area contributed by atoms with Gasteiger partial charge in [-0.3, -0.25) is 0 Å². The van der Waals surface area contributed by atoms with Crippen LogP contribution in [0.2, 0.25) is 0 Å². The van der Waals surface area contributed by atoms with Crippen molar-refractivity contribution in [3.63, 3.8) is 0 Å². The lowest BCUT2D eigenvalue weighted by molar-refractivity contribution is -0.0121. The van der Waals surface area contributed by atoms with Gasteiger partial charge >= 0.3 is 0 Å². The third-order valence-corrected chi connectivity index (χ3v) is 4.04. The van der Waals surface area contributed by atoms with Gasteiger partial charge in [0.2, 0.25) is 0 Å². The fraction of sp³-hybridized carbons (Fsp3) is 0.867. The third kappa shape index (κ3) is 4.28. The fourth-order valence-corrected chi connectivity index (χ4v) is 3.12. The second-order valence-electron chi connectivity index (χ2n) is 6.78. The van der Waals surface area contributed by atoms with Crippen LogP contribution in [0.15, 0.2) is 6.33 Å². The lowest BCUT2D eigenvalue weighted by Gasteiger charge is -2.35. The van der Waals surface area contributed by atoms with Crippen molar-refractivity contribution >= 4 is 0 Å². The molecule has 2 rings (SSSR count). The van der Waals surface area contributed by atoms with E-state index in [-0.39, 0.29) is 0 Å². The first kappa shape index (κ1) is 15.4. The van der Waals surface area contributed by atoms with Crippen LogP contribution >= 0.6 is 0 Å². The Morgan fingerprint density at radius 1 is 1.55 bits per heavy atom. The van der Waals surface area contributed by atoms with E-state index in [1.807, 2.05) is 4.68 Å². The lowest BCUT2D eigenvalue weighted by atomic mass is 9.79. The van der Waals surface area contributed by atoms with Crippen LogP contribution in [0.5, 0.6) is 0 Å². The Balaban J connectivity index is 1.82. The van der Waals surface area contributed by atoms with Crippen molar-refractivity contribution in [3.05, 3.63) is 12.2 Å². The average molecular weight is 280 g/mol. The Bertz CT molecular complexity index is 418. The summed E-state index contributed by atoms with van der Waals surface area (Å²) in [6, 6.07) is 0. The van der Waals surface area contributed by atoms with Crippen molar-refractivity contribution < 1.29 is 5.11 Å². The van der Waals surface area contributed by atoms with Crippen LogP contribution in [0.3, 0.4) is 0 Å². The van der Waals surface area contributed by atoms with Gasteiger partial charge in [-0.05, 0) is 24.7 Å². The highest BCUT2D eigenvalue weighted by atomic mass is 16.3. The molecular formula is C15H28N4O. The second kappa shape index (κ2) is 6.68. The van der Waals surface area contributed by atoms with Gasteiger partial charge < -0.3 is 10.4 Å². The van der Waals surface area contributed by atoms with E-state index >= 15 is 0 Å². The van der Waals surface area contributed by atoms with Gasteiger partial charge in [-0.1, -0.05) is 33.6 Å². The maximum Gasteiger partial charge on any atom is 0.140 e. The van der Waals surface area contributed by atoms with Gasteiger partial charge in [0.25, 0.3) is 0 Å². The SMILES string of the molecule is CC(C)Cn1ncnc1CNCC1(O)CCCC(C)C1. The number of nitrogens with zero attached hydrogens (tertiary/aromatic N) is 3. The van der Waals surface area contributed by atoms with Gasteiger partial charge in [0, 0.05) is 13.1 Å². The summed E-state index contributed by atoms with van der Waals surface area (Å²) >= 11 is 0. The number of nitrogens with one attached hydrogen (secondary N) is 1. The molecule has 1 saturated carbocycles. The molecule has 2 unspecified atom stereocenters. The second-order valence-corrected chi connectivity index (χ2v) is 6.78. The van der Waals surface area contributed by atoms with E-state index in [4.69, 9.17) is 0 Å². The molecule has 5 nitrogen and oxygen atoms in total. The van der Waals surface area contributed by atoms with E-state index < -0.39 is 5.60 Å². The molecule has 20 heavy (non-hydrogen) atoms. The molecule has 5 heteroatoms. The molecule has 2 N–H and O–H groups in total. The Hall–Kier alpha value is -0.940. The zero-order valence-corrected chi connectivity index (χ0v) is 13.0. The lowest BCUT2D eigenvalue weighted by Crippen LogP contribution is -2.44. The van der Waals surface area contributed by atoms with Gasteiger partial charge in [-0.25, -0.2) is 9.67 Å². The van der Waals surface area contributed by atoms with Crippen LogP contribution in [-0.4, -0.2) is 32.0 Å². The monoisotopic (exact) mass is 280 g/mol. The first-order valence-corrected chi connectivity index (χ1v) is 7.78. The van der Waals surface area contributed by atoms with Crippen LogP contribution < -0.4 is 5.32 Å². The summed E-state index contributed by atoms with van der Waals surface area (Å²) in [5.74, 6) is 2.13. The summed E-state index contributed by atoms with van der Waals surface area (Å²) in [6.07, 6.45) is 5.78. The highest BCUT2D eigenvalue weighted by molar-refractivity contribution is 4.89. The molecule has 2 atom stereocenters. The third-order valence-electron chi connectivity index (χ3n) is 4.04. The molecule has 114 valence electrons. The zero-order chi connectivity index (χ0) is 14.6. The van der Waals surface area contributed by atoms with Crippen molar-refractivity contribution in [1.29, 1.82) is 0 Å². The quantitative estimate of drug-likeness (QED) is 0.836. The van der Waals surface area contributed by atoms with E-state index in [1.54, 1.807) is 6.33 Å². The van der Waals surface area contributed by atoms with Crippen LogP contribution in [0.1, 0.15) is 52.3 Å². The summed E-state index contributed by atoms with van der Waals surface area (Å²) in [4.78, 5) is 4.30. The summed E-state index contributed by atoms with van der Waals surface area (Å²) in [7, 11) is 0. The van der Waals surface area contributed by atoms with E-state index in [2.05, 4.69) is 36.2 Å². The highest BCUT2D eigenvalue weighted by Gasteiger charge is 2.32. The first-order valence-electron chi connectivity index (χ1n) is 7.78. The topological polar surface area (TPSA) is 63.0 Å². The van der Waals surface area contributed by atoms with Crippen molar-refractivity contribution in [1.82, 2.24) is 20.1 Å². The number of hydrogen-bond acceptors (Lipinski definition) is 4. The summed E-state index contributed by atoms with van der Waals surface area (Å²) in [5, 5.41) is 18.2.